The molecule has 1 saturated carbocycles. The van der Waals surface area contributed by atoms with Crippen molar-refractivity contribution in [2.24, 2.45) is 0 Å². The highest BCUT2D eigenvalue weighted by Crippen LogP contribution is 2.38. The lowest BCUT2D eigenvalue weighted by Crippen LogP contribution is -1.87. The summed E-state index contributed by atoms with van der Waals surface area (Å²) in [4.78, 5) is 4.53. The maximum absolute atomic E-state index is 13.8. The van der Waals surface area contributed by atoms with Gasteiger partial charge < -0.3 is 0 Å². The van der Waals surface area contributed by atoms with Crippen LogP contribution in [-0.4, -0.2) is 15.2 Å². The monoisotopic (exact) mass is 253 g/mol. The van der Waals surface area contributed by atoms with Crippen LogP contribution in [0.2, 0.25) is 0 Å². The summed E-state index contributed by atoms with van der Waals surface area (Å²) in [6, 6.07) is 10.6. The van der Waals surface area contributed by atoms with E-state index in [1.165, 1.54) is 18.9 Å². The van der Waals surface area contributed by atoms with Crippen LogP contribution in [0.1, 0.15) is 24.6 Å². The number of aromatic nitrogens is 3. The van der Waals surface area contributed by atoms with Gasteiger partial charge in [0.15, 0.2) is 5.82 Å². The summed E-state index contributed by atoms with van der Waals surface area (Å²) in [6.45, 7) is 0. The van der Waals surface area contributed by atoms with Crippen LogP contribution >= 0.6 is 0 Å². The molecule has 4 heteroatoms. The van der Waals surface area contributed by atoms with Crippen molar-refractivity contribution in [3.63, 3.8) is 0 Å². The van der Waals surface area contributed by atoms with Crippen molar-refractivity contribution in [2.75, 3.05) is 0 Å². The van der Waals surface area contributed by atoms with Crippen LogP contribution < -0.4 is 0 Å². The summed E-state index contributed by atoms with van der Waals surface area (Å²) in [5, 5.41) is 8.72. The molecule has 19 heavy (non-hydrogen) atoms. The van der Waals surface area contributed by atoms with E-state index in [2.05, 4.69) is 15.2 Å². The van der Waals surface area contributed by atoms with Gasteiger partial charge in [0.25, 0.3) is 0 Å². The van der Waals surface area contributed by atoms with Gasteiger partial charge in [-0.3, -0.25) is 5.10 Å². The number of halogens is 1. The van der Waals surface area contributed by atoms with Gasteiger partial charge >= 0.3 is 0 Å². The molecule has 2 aromatic carbocycles. The van der Waals surface area contributed by atoms with Crippen LogP contribution in [0.15, 0.2) is 36.4 Å². The van der Waals surface area contributed by atoms with E-state index in [4.69, 9.17) is 0 Å². The fourth-order valence-corrected chi connectivity index (χ4v) is 2.39. The van der Waals surface area contributed by atoms with Crippen molar-refractivity contribution in [1.82, 2.24) is 15.2 Å². The largest absolute Gasteiger partial charge is 0.262 e. The SMILES string of the molecule is Fc1ccc(-c2n[nH]c(C3CC3)n2)c2ccccc12. The van der Waals surface area contributed by atoms with Crippen molar-refractivity contribution >= 4 is 10.8 Å². The number of fused-ring (bicyclic) bond motifs is 1. The first-order valence-electron chi connectivity index (χ1n) is 6.43. The van der Waals surface area contributed by atoms with Gasteiger partial charge in [0.05, 0.1) is 0 Å². The first kappa shape index (κ1) is 10.7. The lowest BCUT2D eigenvalue weighted by Gasteiger charge is -2.03. The predicted octanol–water partition coefficient (Wildman–Crippen LogP) is 3.64. The molecule has 0 radical (unpaired) electrons. The zero-order valence-electron chi connectivity index (χ0n) is 10.2. The first-order valence-corrected chi connectivity index (χ1v) is 6.43. The highest BCUT2D eigenvalue weighted by molar-refractivity contribution is 5.95. The Bertz CT molecular complexity index is 759. The molecule has 0 atom stereocenters. The molecular weight excluding hydrogens is 241 g/mol. The van der Waals surface area contributed by atoms with Crippen LogP contribution in [0.4, 0.5) is 4.39 Å². The smallest absolute Gasteiger partial charge is 0.181 e. The highest BCUT2D eigenvalue weighted by Gasteiger charge is 2.27. The maximum Gasteiger partial charge on any atom is 0.181 e. The molecule has 0 bridgehead atoms. The van der Waals surface area contributed by atoms with Crippen LogP contribution in [0.5, 0.6) is 0 Å². The maximum atomic E-state index is 13.8. The Kier molecular flexibility index (Phi) is 2.18. The summed E-state index contributed by atoms with van der Waals surface area (Å²) < 4.78 is 13.8. The molecule has 94 valence electrons. The van der Waals surface area contributed by atoms with E-state index in [-0.39, 0.29) is 5.82 Å². The van der Waals surface area contributed by atoms with E-state index in [9.17, 15) is 4.39 Å². The molecule has 4 rings (SSSR count). The number of hydrogen-bond donors (Lipinski definition) is 1. The number of nitrogens with one attached hydrogen (secondary N) is 1. The molecule has 1 N–H and O–H groups in total. The number of nitrogens with zero attached hydrogens (tertiary/aromatic N) is 2. The fraction of sp³-hybridized carbons (Fsp3) is 0.200. The number of H-pyrrole nitrogens is 1. The van der Waals surface area contributed by atoms with Crippen LogP contribution in [-0.2, 0) is 0 Å². The Hall–Kier alpha value is -2.23. The van der Waals surface area contributed by atoms with Gasteiger partial charge in [0.2, 0.25) is 0 Å². The van der Waals surface area contributed by atoms with Gasteiger partial charge in [-0.2, -0.15) is 5.10 Å². The van der Waals surface area contributed by atoms with Crippen molar-refractivity contribution < 1.29 is 4.39 Å². The van der Waals surface area contributed by atoms with Crippen molar-refractivity contribution in [3.8, 4) is 11.4 Å². The Morgan fingerprint density at radius 1 is 1.05 bits per heavy atom. The normalized spacial score (nSPS) is 15.0. The molecule has 0 saturated heterocycles. The van der Waals surface area contributed by atoms with E-state index in [0.717, 1.165) is 16.8 Å². The quantitative estimate of drug-likeness (QED) is 0.757. The minimum Gasteiger partial charge on any atom is -0.262 e. The molecule has 0 spiro atoms. The number of aromatic amines is 1. The Morgan fingerprint density at radius 2 is 1.84 bits per heavy atom. The fourth-order valence-electron chi connectivity index (χ4n) is 2.39. The van der Waals surface area contributed by atoms with Crippen molar-refractivity contribution in [2.45, 2.75) is 18.8 Å². The Labute approximate surface area is 109 Å². The highest BCUT2D eigenvalue weighted by atomic mass is 19.1. The van der Waals surface area contributed by atoms with E-state index >= 15 is 0 Å². The zero-order chi connectivity index (χ0) is 12.8. The van der Waals surface area contributed by atoms with Crippen molar-refractivity contribution in [3.05, 3.63) is 48.0 Å². The molecule has 1 heterocycles. The topological polar surface area (TPSA) is 41.6 Å². The second kappa shape index (κ2) is 3.88. The molecular formula is C15H12FN3. The third-order valence-electron chi connectivity index (χ3n) is 3.58. The minimum atomic E-state index is -0.211. The zero-order valence-corrected chi connectivity index (χ0v) is 10.2. The van der Waals surface area contributed by atoms with E-state index < -0.39 is 0 Å². The van der Waals surface area contributed by atoms with Crippen molar-refractivity contribution in [1.29, 1.82) is 0 Å². The lowest BCUT2D eigenvalue weighted by atomic mass is 10.0. The van der Waals surface area contributed by atoms with Gasteiger partial charge in [-0.25, -0.2) is 9.37 Å². The standard InChI is InChI=1S/C15H12FN3/c16-13-8-7-12(10-3-1-2-4-11(10)13)15-17-14(18-19-15)9-5-6-9/h1-4,7-9H,5-6H2,(H,17,18,19). The van der Waals surface area contributed by atoms with Crippen LogP contribution in [0.3, 0.4) is 0 Å². The Morgan fingerprint density at radius 3 is 2.63 bits per heavy atom. The predicted molar refractivity (Wildman–Crippen MR) is 71.3 cm³/mol. The summed E-state index contributed by atoms with van der Waals surface area (Å²) >= 11 is 0. The number of benzene rings is 2. The molecule has 3 nitrogen and oxygen atoms in total. The molecule has 1 fully saturated rings. The molecule has 1 aliphatic carbocycles. The minimum absolute atomic E-state index is 0.211. The number of hydrogen-bond acceptors (Lipinski definition) is 2. The van der Waals surface area contributed by atoms with Gasteiger partial charge in [0, 0.05) is 16.9 Å². The van der Waals surface area contributed by atoms with Crippen LogP contribution in [0.25, 0.3) is 22.2 Å². The van der Waals surface area contributed by atoms with Gasteiger partial charge in [-0.05, 0) is 30.4 Å². The second-order valence-electron chi connectivity index (χ2n) is 4.96. The summed E-state index contributed by atoms with van der Waals surface area (Å²) in [7, 11) is 0. The van der Waals surface area contributed by atoms with Gasteiger partial charge in [-0.1, -0.05) is 24.3 Å². The molecule has 0 aliphatic heterocycles. The molecule has 0 unspecified atom stereocenters. The van der Waals surface area contributed by atoms with E-state index in [1.54, 1.807) is 12.1 Å². The molecule has 3 aromatic rings. The van der Waals surface area contributed by atoms with Gasteiger partial charge in [0.1, 0.15) is 11.6 Å². The van der Waals surface area contributed by atoms with E-state index in [0.29, 0.717) is 17.1 Å². The molecule has 0 amide bonds. The summed E-state index contributed by atoms with van der Waals surface area (Å²) in [5.74, 6) is 1.92. The first-order chi connectivity index (χ1) is 9.33. The third kappa shape index (κ3) is 1.71. The summed E-state index contributed by atoms with van der Waals surface area (Å²) in [6.07, 6.45) is 2.36. The van der Waals surface area contributed by atoms with E-state index in [1.807, 2.05) is 18.2 Å². The second-order valence-corrected chi connectivity index (χ2v) is 4.96. The third-order valence-corrected chi connectivity index (χ3v) is 3.58. The average molecular weight is 253 g/mol. The Balaban J connectivity index is 1.91. The lowest BCUT2D eigenvalue weighted by molar-refractivity contribution is 0.640. The molecule has 1 aromatic heterocycles. The summed E-state index contributed by atoms with van der Waals surface area (Å²) in [5.41, 5.74) is 0.875. The molecule has 1 aliphatic rings. The van der Waals surface area contributed by atoms with Crippen LogP contribution in [0, 0.1) is 5.82 Å². The number of rotatable bonds is 2. The van der Waals surface area contributed by atoms with Gasteiger partial charge in [-0.15, -0.1) is 0 Å². The average Bonchev–Trinajstić information content (AvgIpc) is 3.18.